The number of piperidine rings is 2. The highest BCUT2D eigenvalue weighted by Gasteiger charge is 2.51. The molecule has 0 aromatic carbocycles. The van der Waals surface area contributed by atoms with Crippen molar-refractivity contribution in [2.45, 2.75) is 109 Å². The molecule has 0 bridgehead atoms. The minimum absolute atomic E-state index is 0.0330. The van der Waals surface area contributed by atoms with Gasteiger partial charge in [0.15, 0.2) is 0 Å². The molecule has 238 valence electrons. The zero-order valence-electron chi connectivity index (χ0n) is 27.1. The lowest BCUT2D eigenvalue weighted by Gasteiger charge is -2.55. The molecule has 3 saturated heterocycles. The largest absolute Gasteiger partial charge is 0.442 e. The van der Waals surface area contributed by atoms with Crippen LogP contribution in [0.1, 0.15) is 106 Å². The third-order valence-corrected chi connectivity index (χ3v) is 11.0. The second-order valence-corrected chi connectivity index (χ2v) is 13.7. The van der Waals surface area contributed by atoms with Crippen molar-refractivity contribution in [3.8, 4) is 0 Å². The first kappa shape index (κ1) is 31.7. The Kier molecular flexibility index (Phi) is 9.93. The summed E-state index contributed by atoms with van der Waals surface area (Å²) in [6, 6.07) is 0. The summed E-state index contributed by atoms with van der Waals surface area (Å²) in [4.78, 5) is 46.9. The number of carbonyl (C=O) groups is 2. The summed E-state index contributed by atoms with van der Waals surface area (Å²) in [6.07, 6.45) is 12.5. The van der Waals surface area contributed by atoms with Crippen molar-refractivity contribution in [3.05, 3.63) is 23.3 Å². The zero-order chi connectivity index (χ0) is 30.6. The molecule has 10 heteroatoms. The Bertz CT molecular complexity index is 1140. The Hall–Kier alpha value is -2.75. The molecule has 4 aliphatic rings. The fourth-order valence-corrected chi connectivity index (χ4v) is 8.01. The maximum Gasteiger partial charge on any atom is 0.410 e. The number of nitrogens with zero attached hydrogens (tertiary/aromatic N) is 6. The number of rotatable bonds is 8. The third-order valence-electron chi connectivity index (χ3n) is 11.0. The Morgan fingerprint density at radius 2 is 1.72 bits per heavy atom. The molecular formula is C33H52N6O4. The first-order chi connectivity index (χ1) is 20.7. The lowest BCUT2D eigenvalue weighted by atomic mass is 9.74. The van der Waals surface area contributed by atoms with Crippen LogP contribution in [0.5, 0.6) is 0 Å². The van der Waals surface area contributed by atoms with E-state index in [-0.39, 0.29) is 23.1 Å². The van der Waals surface area contributed by atoms with Crippen LogP contribution in [-0.4, -0.2) is 99.9 Å². The summed E-state index contributed by atoms with van der Waals surface area (Å²) in [5, 5.41) is 4.14. The summed E-state index contributed by atoms with van der Waals surface area (Å²) in [5.41, 5.74) is 2.94. The van der Waals surface area contributed by atoms with Gasteiger partial charge in [-0.1, -0.05) is 24.9 Å². The van der Waals surface area contributed by atoms with E-state index >= 15 is 0 Å². The SMILES string of the molecule is CCCC[C@H]1CN(CC2CCC(=NOC)CC2)C(=O)OC12CCN(C1(C)CCN(C(=O)c3c(C)ncnc3C)CC1)CC2. The number of aryl methyl sites for hydroxylation is 2. The van der Waals surface area contributed by atoms with Crippen LogP contribution in [0.4, 0.5) is 4.79 Å². The van der Waals surface area contributed by atoms with Crippen molar-refractivity contribution in [3.63, 3.8) is 0 Å². The minimum atomic E-state index is -0.362. The monoisotopic (exact) mass is 596 g/mol. The van der Waals surface area contributed by atoms with Gasteiger partial charge in [0.1, 0.15) is 19.0 Å². The molecule has 3 aliphatic heterocycles. The normalized spacial score (nSPS) is 25.9. The van der Waals surface area contributed by atoms with E-state index in [9.17, 15) is 9.59 Å². The molecule has 4 fully saturated rings. The number of aromatic nitrogens is 2. The summed E-state index contributed by atoms with van der Waals surface area (Å²) >= 11 is 0. The van der Waals surface area contributed by atoms with Crippen molar-refractivity contribution in [2.75, 3.05) is 46.4 Å². The fraction of sp³-hybridized carbons (Fsp3) is 0.788. The predicted octanol–water partition coefficient (Wildman–Crippen LogP) is 5.37. The van der Waals surface area contributed by atoms with Gasteiger partial charge in [-0.2, -0.15) is 0 Å². The van der Waals surface area contributed by atoms with Crippen LogP contribution in [0.25, 0.3) is 0 Å². The number of unbranched alkanes of at least 4 members (excludes halogenated alkanes) is 1. The summed E-state index contributed by atoms with van der Waals surface area (Å²) in [7, 11) is 1.61. The van der Waals surface area contributed by atoms with E-state index in [4.69, 9.17) is 9.57 Å². The second-order valence-electron chi connectivity index (χ2n) is 13.7. The molecule has 0 unspecified atom stereocenters. The van der Waals surface area contributed by atoms with Crippen LogP contribution < -0.4 is 0 Å². The Balaban J connectivity index is 1.18. The maximum absolute atomic E-state index is 13.4. The minimum Gasteiger partial charge on any atom is -0.442 e. The number of likely N-dealkylation sites (tertiary alicyclic amines) is 2. The van der Waals surface area contributed by atoms with E-state index in [1.165, 1.54) is 6.33 Å². The van der Waals surface area contributed by atoms with Crippen LogP contribution in [0.3, 0.4) is 0 Å². The number of ether oxygens (including phenoxy) is 1. The Morgan fingerprint density at radius 1 is 1.07 bits per heavy atom. The van der Waals surface area contributed by atoms with E-state index < -0.39 is 0 Å². The first-order valence-corrected chi connectivity index (χ1v) is 16.6. The van der Waals surface area contributed by atoms with E-state index in [0.717, 1.165) is 127 Å². The summed E-state index contributed by atoms with van der Waals surface area (Å²) in [5.74, 6) is 0.906. The van der Waals surface area contributed by atoms with E-state index in [1.807, 2.05) is 23.6 Å². The van der Waals surface area contributed by atoms with Gasteiger partial charge in [0.05, 0.1) is 22.7 Å². The second kappa shape index (κ2) is 13.5. The standard InChI is InChI=1S/C33H52N6O4/c1-6-7-8-27-22-38(21-26-9-11-28(12-10-26)36-42-5)31(41)43-33(27)15-19-39(20-16-33)32(4)13-17-37(18-14-32)30(40)29-24(2)34-23-35-25(29)3/h23,26-27H,6-22H2,1-5H3/t26?,27-/m0/s1. The zero-order valence-corrected chi connectivity index (χ0v) is 27.1. The molecule has 0 N–H and O–H groups in total. The van der Waals surface area contributed by atoms with Crippen molar-refractivity contribution in [2.24, 2.45) is 17.0 Å². The van der Waals surface area contributed by atoms with Gasteiger partial charge in [0.25, 0.3) is 5.91 Å². The van der Waals surface area contributed by atoms with Crippen molar-refractivity contribution >= 4 is 17.7 Å². The summed E-state index contributed by atoms with van der Waals surface area (Å²) in [6.45, 7) is 13.3. The molecule has 10 nitrogen and oxygen atoms in total. The lowest BCUT2D eigenvalue weighted by molar-refractivity contribution is -0.134. The highest BCUT2D eigenvalue weighted by molar-refractivity contribution is 5.96. The number of hydrogen-bond donors (Lipinski definition) is 0. The quantitative estimate of drug-likeness (QED) is 0.372. The smallest absolute Gasteiger partial charge is 0.410 e. The highest BCUT2D eigenvalue weighted by Crippen LogP contribution is 2.43. The van der Waals surface area contributed by atoms with Crippen LogP contribution in [0, 0.1) is 25.7 Å². The highest BCUT2D eigenvalue weighted by atomic mass is 16.6. The molecule has 1 aromatic rings. The molecular weight excluding hydrogens is 544 g/mol. The molecule has 4 heterocycles. The number of oxime groups is 1. The van der Waals surface area contributed by atoms with Gasteiger partial charge in [0, 0.05) is 63.6 Å². The average molecular weight is 597 g/mol. The van der Waals surface area contributed by atoms with Gasteiger partial charge in [-0.15, -0.1) is 0 Å². The van der Waals surface area contributed by atoms with Crippen molar-refractivity contribution < 1.29 is 19.2 Å². The van der Waals surface area contributed by atoms with Crippen molar-refractivity contribution in [1.29, 1.82) is 0 Å². The first-order valence-electron chi connectivity index (χ1n) is 16.6. The van der Waals surface area contributed by atoms with Crippen LogP contribution >= 0.6 is 0 Å². The number of carbonyl (C=O) groups excluding carboxylic acids is 2. The van der Waals surface area contributed by atoms with E-state index in [0.29, 0.717) is 17.4 Å². The molecule has 1 saturated carbocycles. The molecule has 1 spiro atoms. The Morgan fingerprint density at radius 3 is 2.33 bits per heavy atom. The topological polar surface area (TPSA) is 100 Å². The van der Waals surface area contributed by atoms with Crippen molar-refractivity contribution in [1.82, 2.24) is 24.7 Å². The molecule has 5 rings (SSSR count). The average Bonchev–Trinajstić information content (AvgIpc) is 2.99. The van der Waals surface area contributed by atoms with E-state index in [1.54, 1.807) is 7.11 Å². The Labute approximate surface area is 257 Å². The van der Waals surface area contributed by atoms with E-state index in [2.05, 4.69) is 33.9 Å². The number of amides is 2. The van der Waals surface area contributed by atoms with Crippen LogP contribution in [0.15, 0.2) is 11.5 Å². The fourth-order valence-electron chi connectivity index (χ4n) is 8.01. The number of hydrogen-bond acceptors (Lipinski definition) is 8. The predicted molar refractivity (Wildman–Crippen MR) is 166 cm³/mol. The van der Waals surface area contributed by atoms with Gasteiger partial charge in [0.2, 0.25) is 0 Å². The molecule has 1 aromatic heterocycles. The van der Waals surface area contributed by atoms with Gasteiger partial charge < -0.3 is 19.4 Å². The third kappa shape index (κ3) is 6.84. The van der Waals surface area contributed by atoms with Gasteiger partial charge in [-0.05, 0) is 71.6 Å². The summed E-state index contributed by atoms with van der Waals surface area (Å²) < 4.78 is 6.48. The lowest BCUT2D eigenvalue weighted by Crippen LogP contribution is -2.64. The molecule has 1 atom stereocenters. The van der Waals surface area contributed by atoms with Gasteiger partial charge >= 0.3 is 6.09 Å². The molecule has 1 aliphatic carbocycles. The molecule has 2 amide bonds. The van der Waals surface area contributed by atoms with Crippen LogP contribution in [0.2, 0.25) is 0 Å². The van der Waals surface area contributed by atoms with Gasteiger partial charge in [-0.25, -0.2) is 14.8 Å². The molecule has 43 heavy (non-hydrogen) atoms. The maximum atomic E-state index is 13.4. The van der Waals surface area contributed by atoms with Crippen LogP contribution in [-0.2, 0) is 9.57 Å². The van der Waals surface area contributed by atoms with Gasteiger partial charge in [-0.3, -0.25) is 9.69 Å². The molecule has 0 radical (unpaired) electrons.